The van der Waals surface area contributed by atoms with E-state index in [4.69, 9.17) is 0 Å². The zero-order valence-corrected chi connectivity index (χ0v) is 14.2. The van der Waals surface area contributed by atoms with Gasteiger partial charge in [0.2, 0.25) is 0 Å². The fourth-order valence-electron chi connectivity index (χ4n) is 2.30. The van der Waals surface area contributed by atoms with Gasteiger partial charge >= 0.3 is 0 Å². The Balaban J connectivity index is 2.09. The van der Waals surface area contributed by atoms with Crippen molar-refractivity contribution in [2.75, 3.05) is 6.54 Å². The van der Waals surface area contributed by atoms with Crippen molar-refractivity contribution in [3.63, 3.8) is 0 Å². The zero-order valence-electron chi connectivity index (χ0n) is 13.4. The highest BCUT2D eigenvalue weighted by atomic mass is 32.1. The maximum atomic E-state index is 4.23. The van der Waals surface area contributed by atoms with Crippen LogP contribution < -0.4 is 5.32 Å². The molecule has 1 aromatic heterocycles. The van der Waals surface area contributed by atoms with E-state index in [1.54, 1.807) is 0 Å². The maximum Gasteiger partial charge on any atom is 0.0928 e. The van der Waals surface area contributed by atoms with Gasteiger partial charge in [-0.25, -0.2) is 0 Å². The maximum absolute atomic E-state index is 4.23. The smallest absolute Gasteiger partial charge is 0.0928 e. The van der Waals surface area contributed by atoms with Gasteiger partial charge in [-0.1, -0.05) is 56.4 Å². The fraction of sp³-hybridized carbons (Fsp3) is 0.529. The van der Waals surface area contributed by atoms with E-state index in [9.17, 15) is 0 Å². The molecule has 114 valence electrons. The molecule has 0 saturated carbocycles. The summed E-state index contributed by atoms with van der Waals surface area (Å²) in [6.45, 7) is 9.92. The van der Waals surface area contributed by atoms with E-state index in [1.165, 1.54) is 22.7 Å². The van der Waals surface area contributed by atoms with Crippen molar-refractivity contribution in [3.8, 4) is 0 Å². The Morgan fingerprint density at radius 3 is 2.43 bits per heavy atom. The molecule has 4 heteroatoms. The molecule has 1 N–H and O–H groups in total. The summed E-state index contributed by atoms with van der Waals surface area (Å²) in [5, 5.41) is 9.84. The van der Waals surface area contributed by atoms with Gasteiger partial charge in [-0.15, -0.1) is 5.10 Å². The molecule has 21 heavy (non-hydrogen) atoms. The average Bonchev–Trinajstić information content (AvgIpc) is 2.97. The normalized spacial score (nSPS) is 13.3. The molecule has 0 saturated heterocycles. The Morgan fingerprint density at radius 2 is 1.90 bits per heavy atom. The first-order valence-corrected chi connectivity index (χ1v) is 8.44. The minimum Gasteiger partial charge on any atom is -0.308 e. The summed E-state index contributed by atoms with van der Waals surface area (Å²) < 4.78 is 3.99. The third-order valence-electron chi connectivity index (χ3n) is 3.63. The first-order valence-electron chi connectivity index (χ1n) is 7.60. The summed E-state index contributed by atoms with van der Waals surface area (Å²) in [5.74, 6) is 0. The van der Waals surface area contributed by atoms with E-state index in [-0.39, 0.29) is 11.5 Å². The molecule has 1 unspecified atom stereocenters. The molecule has 2 aromatic rings. The van der Waals surface area contributed by atoms with Gasteiger partial charge in [0.1, 0.15) is 0 Å². The number of benzene rings is 1. The number of hydrogen-bond donors (Lipinski definition) is 1. The highest BCUT2D eigenvalue weighted by Crippen LogP contribution is 2.24. The van der Waals surface area contributed by atoms with Crippen LogP contribution >= 0.6 is 11.5 Å². The summed E-state index contributed by atoms with van der Waals surface area (Å²) in [4.78, 5) is 0. The highest BCUT2D eigenvalue weighted by Gasteiger charge is 2.16. The SMILES string of the molecule is CCCNC(Cc1ccc(C(C)(C)C)cc1)c1csnn1. The van der Waals surface area contributed by atoms with Gasteiger partial charge < -0.3 is 5.32 Å². The van der Waals surface area contributed by atoms with E-state index < -0.39 is 0 Å². The standard InChI is InChI=1S/C17H25N3S/c1-5-10-18-15(16-12-21-20-19-16)11-13-6-8-14(9-7-13)17(2,3)4/h6-9,12,15,18H,5,10-11H2,1-4H3. The molecule has 1 heterocycles. The molecule has 0 radical (unpaired) electrons. The van der Waals surface area contributed by atoms with Gasteiger partial charge in [-0.2, -0.15) is 0 Å². The van der Waals surface area contributed by atoms with Crippen LogP contribution in [-0.4, -0.2) is 16.1 Å². The van der Waals surface area contributed by atoms with Crippen LogP contribution in [0.4, 0.5) is 0 Å². The van der Waals surface area contributed by atoms with E-state index in [2.05, 4.69) is 66.9 Å². The van der Waals surface area contributed by atoms with Crippen LogP contribution in [0, 0.1) is 0 Å². The van der Waals surface area contributed by atoms with Crippen LogP contribution in [0.25, 0.3) is 0 Å². The Labute approximate surface area is 132 Å². The topological polar surface area (TPSA) is 37.8 Å². The van der Waals surface area contributed by atoms with Gasteiger partial charge in [-0.05, 0) is 47.5 Å². The van der Waals surface area contributed by atoms with Crippen molar-refractivity contribution in [3.05, 3.63) is 46.5 Å². The molecule has 3 nitrogen and oxygen atoms in total. The molecular formula is C17H25N3S. The van der Waals surface area contributed by atoms with Crippen molar-refractivity contribution >= 4 is 11.5 Å². The number of aromatic nitrogens is 2. The highest BCUT2D eigenvalue weighted by molar-refractivity contribution is 7.03. The molecule has 1 atom stereocenters. The second-order valence-corrected chi connectivity index (χ2v) is 7.10. The molecule has 0 aliphatic heterocycles. The lowest BCUT2D eigenvalue weighted by Crippen LogP contribution is -2.24. The van der Waals surface area contributed by atoms with E-state index in [1.807, 2.05) is 5.38 Å². The fourth-order valence-corrected chi connectivity index (χ4v) is 2.81. The third-order valence-corrected chi connectivity index (χ3v) is 4.16. The molecule has 2 rings (SSSR count). The Bertz CT molecular complexity index is 526. The molecular weight excluding hydrogens is 278 g/mol. The summed E-state index contributed by atoms with van der Waals surface area (Å²) in [5.41, 5.74) is 3.97. The Hall–Kier alpha value is -1.26. The number of nitrogens with zero attached hydrogens (tertiary/aromatic N) is 2. The molecule has 0 fully saturated rings. The van der Waals surface area contributed by atoms with Gasteiger partial charge in [0.05, 0.1) is 11.7 Å². The van der Waals surface area contributed by atoms with Crippen molar-refractivity contribution in [2.45, 2.75) is 52.0 Å². The average molecular weight is 303 g/mol. The summed E-state index contributed by atoms with van der Waals surface area (Å²) >= 11 is 1.42. The van der Waals surface area contributed by atoms with Crippen LogP contribution in [0.3, 0.4) is 0 Å². The van der Waals surface area contributed by atoms with Gasteiger partial charge in [0.15, 0.2) is 0 Å². The second-order valence-electron chi connectivity index (χ2n) is 6.49. The number of hydrogen-bond acceptors (Lipinski definition) is 4. The van der Waals surface area contributed by atoms with Crippen molar-refractivity contribution in [2.24, 2.45) is 0 Å². The largest absolute Gasteiger partial charge is 0.308 e. The van der Waals surface area contributed by atoms with Gasteiger partial charge in [0, 0.05) is 5.38 Å². The third kappa shape index (κ3) is 4.61. The van der Waals surface area contributed by atoms with Crippen molar-refractivity contribution < 1.29 is 0 Å². The van der Waals surface area contributed by atoms with Crippen LogP contribution in [0.1, 0.15) is 57.0 Å². The van der Waals surface area contributed by atoms with Crippen molar-refractivity contribution in [1.29, 1.82) is 0 Å². The second kappa shape index (κ2) is 7.14. The van der Waals surface area contributed by atoms with Crippen LogP contribution in [0.5, 0.6) is 0 Å². The van der Waals surface area contributed by atoms with Crippen LogP contribution in [-0.2, 0) is 11.8 Å². The van der Waals surface area contributed by atoms with Gasteiger partial charge in [-0.3, -0.25) is 0 Å². The molecule has 0 aliphatic rings. The van der Waals surface area contributed by atoms with Gasteiger partial charge in [0.25, 0.3) is 0 Å². The number of rotatable bonds is 6. The van der Waals surface area contributed by atoms with E-state index in [0.29, 0.717) is 0 Å². The monoisotopic (exact) mass is 303 g/mol. The van der Waals surface area contributed by atoms with Crippen molar-refractivity contribution in [1.82, 2.24) is 14.9 Å². The molecule has 0 aliphatic carbocycles. The van der Waals surface area contributed by atoms with Crippen LogP contribution in [0.2, 0.25) is 0 Å². The van der Waals surface area contributed by atoms with Crippen LogP contribution in [0.15, 0.2) is 29.6 Å². The number of nitrogens with one attached hydrogen (secondary N) is 1. The first kappa shape index (κ1) is 16.1. The molecule has 0 spiro atoms. The summed E-state index contributed by atoms with van der Waals surface area (Å²) in [6.07, 6.45) is 2.08. The molecule has 1 aromatic carbocycles. The Kier molecular flexibility index (Phi) is 5.48. The zero-order chi connectivity index (χ0) is 15.3. The quantitative estimate of drug-likeness (QED) is 0.872. The minimum atomic E-state index is 0.206. The minimum absolute atomic E-state index is 0.206. The first-order chi connectivity index (χ1) is 10.0. The van der Waals surface area contributed by atoms with E-state index >= 15 is 0 Å². The predicted octanol–water partition coefficient (Wildman–Crippen LogP) is 4.12. The predicted molar refractivity (Wildman–Crippen MR) is 89.8 cm³/mol. The summed E-state index contributed by atoms with van der Waals surface area (Å²) in [6, 6.07) is 9.21. The Morgan fingerprint density at radius 1 is 1.19 bits per heavy atom. The summed E-state index contributed by atoms with van der Waals surface area (Å²) in [7, 11) is 0. The molecule has 0 amide bonds. The molecule has 0 bridgehead atoms. The lowest BCUT2D eigenvalue weighted by molar-refractivity contribution is 0.516. The van der Waals surface area contributed by atoms with E-state index in [0.717, 1.165) is 25.1 Å². The lowest BCUT2D eigenvalue weighted by Gasteiger charge is -2.20. The lowest BCUT2D eigenvalue weighted by atomic mass is 9.86.